The number of hydrogen-bond donors (Lipinski definition) is 1. The summed E-state index contributed by atoms with van der Waals surface area (Å²) in [6.07, 6.45) is -1.96. The Kier molecular flexibility index (Phi) is 3.14. The highest BCUT2D eigenvalue weighted by molar-refractivity contribution is 4.91. The summed E-state index contributed by atoms with van der Waals surface area (Å²) in [5.74, 6) is -0.131. The van der Waals surface area contributed by atoms with E-state index in [2.05, 4.69) is 0 Å². The fraction of sp³-hybridized carbons (Fsp3) is 1.00. The first-order valence-corrected chi connectivity index (χ1v) is 5.04. The number of rotatable bonds is 1. The monoisotopic (exact) mass is 210 g/mol. The quantitative estimate of drug-likeness (QED) is 0.705. The lowest BCUT2D eigenvalue weighted by Crippen LogP contribution is -2.49. The first-order chi connectivity index (χ1) is 6.25. The summed E-state index contributed by atoms with van der Waals surface area (Å²) in [5.41, 5.74) is -2.51. The molecular formula is C10H17F3O. The zero-order chi connectivity index (χ0) is 11.0. The van der Waals surface area contributed by atoms with Crippen LogP contribution in [0.5, 0.6) is 0 Å². The Bertz CT molecular complexity index is 190. The predicted molar refractivity (Wildman–Crippen MR) is 47.8 cm³/mol. The first kappa shape index (κ1) is 11.8. The summed E-state index contributed by atoms with van der Waals surface area (Å²) in [5, 5.41) is 9.44. The molecule has 1 atom stereocenters. The van der Waals surface area contributed by atoms with Crippen molar-refractivity contribution in [2.45, 2.75) is 51.3 Å². The van der Waals surface area contributed by atoms with Crippen LogP contribution in [0.4, 0.5) is 13.2 Å². The van der Waals surface area contributed by atoms with E-state index < -0.39 is 17.7 Å². The summed E-state index contributed by atoms with van der Waals surface area (Å²) < 4.78 is 37.4. The Morgan fingerprint density at radius 1 is 1.07 bits per heavy atom. The fourth-order valence-electron chi connectivity index (χ4n) is 2.05. The molecule has 1 aliphatic rings. The Hall–Kier alpha value is -0.250. The van der Waals surface area contributed by atoms with Crippen LogP contribution in [-0.2, 0) is 0 Å². The minimum absolute atomic E-state index is 0.480. The van der Waals surface area contributed by atoms with E-state index in [0.29, 0.717) is 18.8 Å². The van der Waals surface area contributed by atoms with Crippen LogP contribution < -0.4 is 0 Å². The molecular weight excluding hydrogens is 193 g/mol. The molecule has 0 aromatic rings. The maximum atomic E-state index is 12.5. The number of hydrogen-bond acceptors (Lipinski definition) is 1. The maximum absolute atomic E-state index is 12.5. The van der Waals surface area contributed by atoms with Gasteiger partial charge in [-0.25, -0.2) is 0 Å². The van der Waals surface area contributed by atoms with E-state index in [1.807, 2.05) is 6.92 Å². The van der Waals surface area contributed by atoms with Gasteiger partial charge in [-0.3, -0.25) is 0 Å². The third-order valence-electron chi connectivity index (χ3n) is 3.38. The van der Waals surface area contributed by atoms with Gasteiger partial charge in [0.25, 0.3) is 0 Å². The summed E-state index contributed by atoms with van der Waals surface area (Å²) >= 11 is 0. The Balaban J connectivity index is 2.65. The third-order valence-corrected chi connectivity index (χ3v) is 3.38. The van der Waals surface area contributed by atoms with E-state index in [0.717, 1.165) is 19.8 Å². The molecule has 1 N–H and O–H groups in total. The molecule has 0 heterocycles. The average Bonchev–Trinajstić information content (AvgIpc) is 2.03. The molecule has 0 bridgehead atoms. The zero-order valence-corrected chi connectivity index (χ0v) is 8.56. The molecule has 1 nitrogen and oxygen atoms in total. The maximum Gasteiger partial charge on any atom is 0.417 e. The lowest BCUT2D eigenvalue weighted by Gasteiger charge is -2.38. The predicted octanol–water partition coefficient (Wildman–Crippen LogP) is 3.13. The molecule has 0 spiro atoms. The number of alkyl halides is 3. The van der Waals surface area contributed by atoms with Crippen molar-refractivity contribution < 1.29 is 18.3 Å². The van der Waals surface area contributed by atoms with Crippen LogP contribution in [0.1, 0.15) is 39.5 Å². The molecule has 0 saturated heterocycles. The van der Waals surface area contributed by atoms with Crippen molar-refractivity contribution in [1.29, 1.82) is 0 Å². The molecule has 0 aromatic heterocycles. The average molecular weight is 210 g/mol. The van der Waals surface area contributed by atoms with E-state index in [4.69, 9.17) is 0 Å². The van der Waals surface area contributed by atoms with Crippen LogP contribution in [0.3, 0.4) is 0 Å². The van der Waals surface area contributed by atoms with Crippen LogP contribution >= 0.6 is 0 Å². The van der Waals surface area contributed by atoms with Gasteiger partial charge in [0.2, 0.25) is 0 Å². The van der Waals surface area contributed by atoms with E-state index in [-0.39, 0.29) is 0 Å². The minimum atomic E-state index is -4.50. The van der Waals surface area contributed by atoms with Crippen molar-refractivity contribution in [2.24, 2.45) is 11.8 Å². The molecule has 0 aliphatic heterocycles. The Morgan fingerprint density at radius 3 is 1.86 bits per heavy atom. The van der Waals surface area contributed by atoms with Crippen molar-refractivity contribution in [2.75, 3.05) is 0 Å². The SMILES string of the molecule is CC(O)([C@H]1CC[C@H](C)CC1)C(F)(F)F. The molecule has 0 amide bonds. The number of aliphatic hydroxyl groups is 1. The van der Waals surface area contributed by atoms with Crippen molar-refractivity contribution in [3.63, 3.8) is 0 Å². The van der Waals surface area contributed by atoms with Crippen LogP contribution in [0.25, 0.3) is 0 Å². The molecule has 84 valence electrons. The standard InChI is InChI=1S/C10H17F3O/c1-7-3-5-8(6-4-7)9(2,14)10(11,12)13/h7-8,14H,3-6H2,1-2H3/t7-,8-,9?. The van der Waals surface area contributed by atoms with Crippen molar-refractivity contribution in [1.82, 2.24) is 0 Å². The van der Waals surface area contributed by atoms with E-state index >= 15 is 0 Å². The van der Waals surface area contributed by atoms with Gasteiger partial charge in [-0.15, -0.1) is 0 Å². The molecule has 0 aromatic carbocycles. The highest BCUT2D eigenvalue weighted by Gasteiger charge is 2.54. The second kappa shape index (κ2) is 3.72. The molecule has 4 heteroatoms. The molecule has 14 heavy (non-hydrogen) atoms. The zero-order valence-electron chi connectivity index (χ0n) is 8.56. The second-order valence-electron chi connectivity index (χ2n) is 4.60. The van der Waals surface area contributed by atoms with Gasteiger partial charge in [-0.05, 0) is 31.6 Å². The van der Waals surface area contributed by atoms with Crippen molar-refractivity contribution >= 4 is 0 Å². The largest absolute Gasteiger partial charge is 0.417 e. The van der Waals surface area contributed by atoms with Crippen LogP contribution in [0.2, 0.25) is 0 Å². The first-order valence-electron chi connectivity index (χ1n) is 5.04. The minimum Gasteiger partial charge on any atom is -0.380 e. The van der Waals surface area contributed by atoms with Gasteiger partial charge in [0.15, 0.2) is 5.60 Å². The van der Waals surface area contributed by atoms with Gasteiger partial charge in [-0.1, -0.05) is 19.8 Å². The Morgan fingerprint density at radius 2 is 1.50 bits per heavy atom. The van der Waals surface area contributed by atoms with Gasteiger partial charge < -0.3 is 5.11 Å². The highest BCUT2D eigenvalue weighted by atomic mass is 19.4. The Labute approximate surface area is 82.3 Å². The molecule has 1 saturated carbocycles. The fourth-order valence-corrected chi connectivity index (χ4v) is 2.05. The summed E-state index contributed by atoms with van der Waals surface area (Å²) in [4.78, 5) is 0. The lowest BCUT2D eigenvalue weighted by atomic mass is 9.74. The topological polar surface area (TPSA) is 20.2 Å². The van der Waals surface area contributed by atoms with Crippen LogP contribution in [0, 0.1) is 11.8 Å². The molecule has 1 aliphatic carbocycles. The number of halogens is 3. The summed E-state index contributed by atoms with van der Waals surface area (Å²) in [6, 6.07) is 0. The molecule has 1 rings (SSSR count). The van der Waals surface area contributed by atoms with Crippen molar-refractivity contribution in [3.8, 4) is 0 Å². The summed E-state index contributed by atoms with van der Waals surface area (Å²) in [7, 11) is 0. The molecule has 0 radical (unpaired) electrons. The van der Waals surface area contributed by atoms with E-state index in [9.17, 15) is 18.3 Å². The van der Waals surface area contributed by atoms with Gasteiger partial charge in [0, 0.05) is 0 Å². The van der Waals surface area contributed by atoms with E-state index in [1.165, 1.54) is 0 Å². The normalized spacial score (nSPS) is 33.9. The third kappa shape index (κ3) is 2.22. The smallest absolute Gasteiger partial charge is 0.380 e. The molecule has 1 fully saturated rings. The van der Waals surface area contributed by atoms with Gasteiger partial charge in [0.05, 0.1) is 0 Å². The van der Waals surface area contributed by atoms with Crippen LogP contribution in [0.15, 0.2) is 0 Å². The second-order valence-corrected chi connectivity index (χ2v) is 4.60. The van der Waals surface area contributed by atoms with Gasteiger partial charge in [-0.2, -0.15) is 13.2 Å². The van der Waals surface area contributed by atoms with Crippen molar-refractivity contribution in [3.05, 3.63) is 0 Å². The van der Waals surface area contributed by atoms with Crippen LogP contribution in [-0.4, -0.2) is 16.9 Å². The van der Waals surface area contributed by atoms with Gasteiger partial charge >= 0.3 is 6.18 Å². The lowest BCUT2D eigenvalue weighted by molar-refractivity contribution is -0.275. The van der Waals surface area contributed by atoms with E-state index in [1.54, 1.807) is 0 Å². The molecule has 1 unspecified atom stereocenters. The van der Waals surface area contributed by atoms with Gasteiger partial charge in [0.1, 0.15) is 0 Å². The highest BCUT2D eigenvalue weighted by Crippen LogP contribution is 2.43. The summed E-state index contributed by atoms with van der Waals surface area (Å²) in [6.45, 7) is 2.94.